The molecule has 1 aromatic carbocycles. The number of nitrogens with zero attached hydrogens (tertiary/aromatic N) is 3. The molecule has 4 N–H and O–H groups in total. The van der Waals surface area contributed by atoms with Crippen LogP contribution >= 0.6 is 0 Å². The molecule has 13 heteroatoms. The van der Waals surface area contributed by atoms with Crippen molar-refractivity contribution in [3.05, 3.63) is 48.5 Å². The molecule has 10 nitrogen and oxygen atoms in total. The second kappa shape index (κ2) is 11.2. The van der Waals surface area contributed by atoms with Crippen LogP contribution in [0.1, 0.15) is 38.6 Å². The number of aromatic nitrogens is 3. The molecule has 3 aromatic rings. The van der Waals surface area contributed by atoms with Gasteiger partial charge in [0.05, 0.1) is 30.7 Å². The molecule has 4 rings (SSSR count). The number of nitrogens with one attached hydrogen (secondary N) is 2. The first-order chi connectivity index (χ1) is 18.5. The highest BCUT2D eigenvalue weighted by Crippen LogP contribution is 2.36. The summed E-state index contributed by atoms with van der Waals surface area (Å²) >= 11 is 0. The lowest BCUT2D eigenvalue weighted by atomic mass is 10.0. The third kappa shape index (κ3) is 6.41. The maximum absolute atomic E-state index is 13.3. The highest BCUT2D eigenvalue weighted by atomic mass is 19.4. The van der Waals surface area contributed by atoms with E-state index in [1.807, 2.05) is 13.8 Å². The van der Waals surface area contributed by atoms with Crippen LogP contribution in [0, 0.1) is 5.92 Å². The van der Waals surface area contributed by atoms with Crippen molar-refractivity contribution in [2.24, 2.45) is 5.92 Å². The van der Waals surface area contributed by atoms with Gasteiger partial charge in [-0.15, -0.1) is 13.2 Å². The lowest BCUT2D eigenvalue weighted by Gasteiger charge is -2.30. The van der Waals surface area contributed by atoms with E-state index in [4.69, 9.17) is 5.73 Å². The molecule has 2 aromatic heterocycles. The Hall–Kier alpha value is -4.29. The Balaban J connectivity index is 1.54. The second-order valence-electron chi connectivity index (χ2n) is 9.46. The number of halogens is 3. The molecule has 0 spiro atoms. The van der Waals surface area contributed by atoms with Crippen molar-refractivity contribution in [2.75, 3.05) is 19.4 Å². The molecule has 0 aliphatic carbocycles. The minimum absolute atomic E-state index is 0.125. The largest absolute Gasteiger partial charge is 0.573 e. The molecule has 0 radical (unpaired) electrons. The van der Waals surface area contributed by atoms with Crippen molar-refractivity contribution < 1.29 is 32.2 Å². The van der Waals surface area contributed by atoms with Crippen molar-refractivity contribution in [3.8, 4) is 28.3 Å². The molecule has 2 atom stereocenters. The molecule has 3 heterocycles. The van der Waals surface area contributed by atoms with E-state index >= 15 is 0 Å². The van der Waals surface area contributed by atoms with Crippen molar-refractivity contribution in [1.82, 2.24) is 25.2 Å². The summed E-state index contributed by atoms with van der Waals surface area (Å²) in [6.45, 7) is 4.20. The summed E-state index contributed by atoms with van der Waals surface area (Å²) in [5, 5.41) is 2.61. The number of benzene rings is 1. The first-order valence-corrected chi connectivity index (χ1v) is 12.3. The predicted molar refractivity (Wildman–Crippen MR) is 136 cm³/mol. The summed E-state index contributed by atoms with van der Waals surface area (Å²) in [5.74, 6) is -0.237. The smallest absolute Gasteiger partial charge is 0.453 e. The topological polar surface area (TPSA) is 135 Å². The predicted octanol–water partition coefficient (Wildman–Crippen LogP) is 4.66. The van der Waals surface area contributed by atoms with Crippen LogP contribution in [0.15, 0.2) is 42.7 Å². The standard InChI is InChI=1S/C26H29F3N6O4/c1-14(2)22(34-25(37)38-3)24(36)35-10-4-5-20(35)23-32-13-19(33-23)15-6-9-18(31-12-15)17-8-7-16(30)11-21(17)39-26(27,28)29/h6-9,11-14,20,22H,4-5,10,30H2,1-3H3,(H,32,33)(H,34,37)/t20?,22-/m0/s1. The van der Waals surface area contributed by atoms with E-state index in [-0.39, 0.29) is 34.8 Å². The van der Waals surface area contributed by atoms with Crippen LogP contribution in [-0.2, 0) is 9.53 Å². The van der Waals surface area contributed by atoms with E-state index in [1.54, 1.807) is 23.2 Å². The zero-order valence-corrected chi connectivity index (χ0v) is 21.6. The lowest BCUT2D eigenvalue weighted by Crippen LogP contribution is -2.51. The van der Waals surface area contributed by atoms with Crippen LogP contribution in [0.25, 0.3) is 22.5 Å². The highest BCUT2D eigenvalue weighted by molar-refractivity contribution is 5.86. The Bertz CT molecular complexity index is 1330. The third-order valence-electron chi connectivity index (χ3n) is 6.42. The second-order valence-corrected chi connectivity index (χ2v) is 9.46. The number of amides is 2. The van der Waals surface area contributed by atoms with Crippen molar-refractivity contribution in [1.29, 1.82) is 0 Å². The Morgan fingerprint density at radius 2 is 1.95 bits per heavy atom. The van der Waals surface area contributed by atoms with Gasteiger partial charge in [0.25, 0.3) is 0 Å². The highest BCUT2D eigenvalue weighted by Gasteiger charge is 2.37. The number of carbonyl (C=O) groups is 2. The fourth-order valence-electron chi connectivity index (χ4n) is 4.52. The van der Waals surface area contributed by atoms with Crippen molar-refractivity contribution in [2.45, 2.75) is 45.1 Å². The van der Waals surface area contributed by atoms with E-state index in [9.17, 15) is 22.8 Å². The quantitative estimate of drug-likeness (QED) is 0.367. The fraction of sp³-hybridized carbons (Fsp3) is 0.385. The van der Waals surface area contributed by atoms with Gasteiger partial charge >= 0.3 is 12.5 Å². The molecule has 2 amide bonds. The molecule has 0 bridgehead atoms. The molecule has 1 unspecified atom stereocenters. The van der Waals surface area contributed by atoms with Crippen LogP contribution < -0.4 is 15.8 Å². The van der Waals surface area contributed by atoms with Gasteiger partial charge in [-0.05, 0) is 43.0 Å². The molecule has 39 heavy (non-hydrogen) atoms. The summed E-state index contributed by atoms with van der Waals surface area (Å²) in [6.07, 6.45) is -0.971. The SMILES string of the molecule is COC(=O)N[C@H](C(=O)N1CCCC1c1ncc(-c2ccc(-c3ccc(N)cc3OC(F)(F)F)nc2)[nH]1)C(C)C. The van der Waals surface area contributed by atoms with Gasteiger partial charge in [-0.2, -0.15) is 0 Å². The van der Waals surface area contributed by atoms with Gasteiger partial charge < -0.3 is 30.4 Å². The van der Waals surface area contributed by atoms with Gasteiger partial charge in [-0.3, -0.25) is 9.78 Å². The number of pyridine rings is 1. The first-order valence-electron chi connectivity index (χ1n) is 12.3. The van der Waals surface area contributed by atoms with Crippen LogP contribution in [0.2, 0.25) is 0 Å². The normalized spacial score (nSPS) is 16.3. The number of hydrogen-bond donors (Lipinski definition) is 3. The number of ether oxygens (including phenoxy) is 2. The monoisotopic (exact) mass is 546 g/mol. The zero-order chi connectivity index (χ0) is 28.3. The number of rotatable bonds is 7. The Kier molecular flexibility index (Phi) is 7.98. The number of anilines is 1. The summed E-state index contributed by atoms with van der Waals surface area (Å²) in [5.41, 5.74) is 7.44. The van der Waals surface area contributed by atoms with Gasteiger partial charge in [-0.25, -0.2) is 9.78 Å². The molecular weight excluding hydrogens is 517 g/mol. The molecular formula is C26H29F3N6O4. The molecule has 208 valence electrons. The van der Waals surface area contributed by atoms with Gasteiger partial charge in [0.15, 0.2) is 0 Å². The van der Waals surface area contributed by atoms with E-state index < -0.39 is 24.2 Å². The van der Waals surface area contributed by atoms with Crippen LogP contribution in [0.4, 0.5) is 23.7 Å². The van der Waals surface area contributed by atoms with Gasteiger partial charge in [0, 0.05) is 35.6 Å². The van der Waals surface area contributed by atoms with Crippen LogP contribution in [0.3, 0.4) is 0 Å². The summed E-state index contributed by atoms with van der Waals surface area (Å²) in [4.78, 5) is 38.8. The first kappa shape index (κ1) is 27.7. The minimum Gasteiger partial charge on any atom is -0.453 e. The van der Waals surface area contributed by atoms with Crippen LogP contribution in [0.5, 0.6) is 5.75 Å². The van der Waals surface area contributed by atoms with E-state index in [2.05, 4.69) is 29.7 Å². The molecule has 1 fully saturated rings. The van der Waals surface area contributed by atoms with E-state index in [1.165, 1.54) is 25.4 Å². The molecule has 1 saturated heterocycles. The number of likely N-dealkylation sites (tertiary alicyclic amines) is 1. The number of H-pyrrole nitrogens is 1. The number of imidazole rings is 1. The van der Waals surface area contributed by atoms with Crippen LogP contribution in [-0.4, -0.2) is 57.9 Å². The number of hydrogen-bond acceptors (Lipinski definition) is 7. The van der Waals surface area contributed by atoms with Gasteiger partial charge in [-0.1, -0.05) is 13.8 Å². The van der Waals surface area contributed by atoms with Crippen molar-refractivity contribution >= 4 is 17.7 Å². The zero-order valence-electron chi connectivity index (χ0n) is 21.6. The number of methoxy groups -OCH3 is 1. The maximum atomic E-state index is 13.3. The molecule has 0 saturated carbocycles. The number of alkyl halides is 3. The van der Waals surface area contributed by atoms with E-state index in [0.29, 0.717) is 30.0 Å². The number of alkyl carbamates (subject to hydrolysis) is 1. The average Bonchev–Trinajstić information content (AvgIpc) is 3.56. The van der Waals surface area contributed by atoms with Gasteiger partial charge in [0.2, 0.25) is 5.91 Å². The average molecular weight is 547 g/mol. The number of nitrogen functional groups attached to an aromatic ring is 1. The number of nitrogens with two attached hydrogens (primary N) is 1. The third-order valence-corrected chi connectivity index (χ3v) is 6.42. The molecule has 1 aliphatic rings. The summed E-state index contributed by atoms with van der Waals surface area (Å²) in [6, 6.07) is 6.19. The molecule has 1 aliphatic heterocycles. The lowest BCUT2D eigenvalue weighted by molar-refractivity contribution is -0.274. The summed E-state index contributed by atoms with van der Waals surface area (Å²) in [7, 11) is 1.24. The summed E-state index contributed by atoms with van der Waals surface area (Å²) < 4.78 is 47.4. The Labute approximate surface area is 222 Å². The maximum Gasteiger partial charge on any atom is 0.573 e. The Morgan fingerprint density at radius 1 is 1.18 bits per heavy atom. The van der Waals surface area contributed by atoms with Gasteiger partial charge in [0.1, 0.15) is 17.6 Å². The number of aromatic amines is 1. The number of carbonyl (C=O) groups excluding carboxylic acids is 2. The fourth-order valence-corrected chi connectivity index (χ4v) is 4.52. The Morgan fingerprint density at radius 3 is 2.59 bits per heavy atom. The minimum atomic E-state index is -4.88. The van der Waals surface area contributed by atoms with Crippen molar-refractivity contribution in [3.63, 3.8) is 0 Å². The van der Waals surface area contributed by atoms with E-state index in [0.717, 1.165) is 12.5 Å².